The molecule has 32 heavy (non-hydrogen) atoms. The van der Waals surface area contributed by atoms with E-state index in [0.29, 0.717) is 10.7 Å². The Morgan fingerprint density at radius 2 is 1.62 bits per heavy atom. The molecule has 3 aromatic carbocycles. The van der Waals surface area contributed by atoms with Crippen LogP contribution in [0.3, 0.4) is 0 Å². The second kappa shape index (κ2) is 10.5. The van der Waals surface area contributed by atoms with Gasteiger partial charge in [-0.3, -0.25) is 9.10 Å². The quantitative estimate of drug-likeness (QED) is 0.470. The second-order valence-corrected chi connectivity index (χ2v) is 9.56. The van der Waals surface area contributed by atoms with Crippen LogP contribution in [0.25, 0.3) is 0 Å². The van der Waals surface area contributed by atoms with Crippen molar-refractivity contribution >= 4 is 33.2 Å². The van der Waals surface area contributed by atoms with Crippen molar-refractivity contribution in [3.8, 4) is 5.75 Å². The fourth-order valence-electron chi connectivity index (χ4n) is 3.02. The largest absolute Gasteiger partial charge is 0.491 e. The molecular formula is C24H25ClN2O4S. The van der Waals surface area contributed by atoms with Gasteiger partial charge in [-0.15, -0.1) is 0 Å². The van der Waals surface area contributed by atoms with Crippen molar-refractivity contribution in [2.24, 2.45) is 0 Å². The number of hydrogen-bond acceptors (Lipinski definition) is 4. The molecule has 0 radical (unpaired) electrons. The summed E-state index contributed by atoms with van der Waals surface area (Å²) in [6.45, 7) is 4.00. The Kier molecular flexibility index (Phi) is 7.77. The highest BCUT2D eigenvalue weighted by molar-refractivity contribution is 7.92. The van der Waals surface area contributed by atoms with Crippen molar-refractivity contribution in [1.82, 2.24) is 5.32 Å². The molecule has 3 rings (SSSR count). The molecule has 0 fully saturated rings. The molecule has 0 saturated carbocycles. The predicted octanol–water partition coefficient (Wildman–Crippen LogP) is 4.35. The Morgan fingerprint density at radius 3 is 2.28 bits per heavy atom. The molecule has 3 aromatic rings. The maximum atomic E-state index is 13.3. The summed E-state index contributed by atoms with van der Waals surface area (Å²) in [4.78, 5) is 12.7. The van der Waals surface area contributed by atoms with Crippen molar-refractivity contribution in [2.75, 3.05) is 24.0 Å². The van der Waals surface area contributed by atoms with E-state index >= 15 is 0 Å². The van der Waals surface area contributed by atoms with Gasteiger partial charge in [0.2, 0.25) is 5.91 Å². The van der Waals surface area contributed by atoms with Crippen LogP contribution in [0.2, 0.25) is 5.02 Å². The average Bonchev–Trinajstić information content (AvgIpc) is 2.77. The van der Waals surface area contributed by atoms with E-state index in [1.54, 1.807) is 24.3 Å². The van der Waals surface area contributed by atoms with Crippen molar-refractivity contribution in [1.29, 1.82) is 0 Å². The SMILES string of the molecule is Cc1ccc(N(CC(=O)NCCOc2ccccc2C)S(=O)(=O)c2ccc(Cl)cc2)cc1. The average molecular weight is 473 g/mol. The zero-order chi connectivity index (χ0) is 23.1. The molecule has 0 aliphatic heterocycles. The van der Waals surface area contributed by atoms with Gasteiger partial charge in [0.25, 0.3) is 10.0 Å². The van der Waals surface area contributed by atoms with Gasteiger partial charge in [-0.05, 0) is 61.9 Å². The van der Waals surface area contributed by atoms with Crippen LogP contribution in [0.15, 0.2) is 77.7 Å². The Bertz CT molecular complexity index is 1160. The topological polar surface area (TPSA) is 75.7 Å². The number of aryl methyl sites for hydroxylation is 2. The van der Waals surface area contributed by atoms with Gasteiger partial charge >= 0.3 is 0 Å². The number of carbonyl (C=O) groups is 1. The summed E-state index contributed by atoms with van der Waals surface area (Å²) in [5, 5.41) is 3.15. The van der Waals surface area contributed by atoms with Crippen molar-refractivity contribution < 1.29 is 17.9 Å². The first kappa shape index (κ1) is 23.6. The minimum Gasteiger partial charge on any atom is -0.491 e. The predicted molar refractivity (Wildman–Crippen MR) is 127 cm³/mol. The third kappa shape index (κ3) is 6.02. The Labute approximate surface area is 193 Å². The summed E-state index contributed by atoms with van der Waals surface area (Å²) >= 11 is 5.90. The third-order valence-electron chi connectivity index (χ3n) is 4.79. The van der Waals surface area contributed by atoms with Crippen LogP contribution in [0.5, 0.6) is 5.75 Å². The molecule has 0 saturated heterocycles. The number of halogens is 1. The first-order valence-electron chi connectivity index (χ1n) is 10.1. The highest BCUT2D eigenvalue weighted by Crippen LogP contribution is 2.25. The molecule has 0 atom stereocenters. The lowest BCUT2D eigenvalue weighted by Gasteiger charge is -2.24. The molecule has 0 bridgehead atoms. The van der Waals surface area contributed by atoms with Gasteiger partial charge in [0.1, 0.15) is 18.9 Å². The molecule has 1 amide bonds. The molecule has 8 heteroatoms. The lowest BCUT2D eigenvalue weighted by Crippen LogP contribution is -2.41. The lowest BCUT2D eigenvalue weighted by molar-refractivity contribution is -0.119. The van der Waals surface area contributed by atoms with Crippen molar-refractivity contribution in [2.45, 2.75) is 18.7 Å². The van der Waals surface area contributed by atoms with Crippen LogP contribution in [-0.2, 0) is 14.8 Å². The van der Waals surface area contributed by atoms with Crippen LogP contribution in [0, 0.1) is 13.8 Å². The van der Waals surface area contributed by atoms with Crippen LogP contribution in [0.1, 0.15) is 11.1 Å². The van der Waals surface area contributed by atoms with E-state index in [2.05, 4.69) is 5.32 Å². The molecule has 1 N–H and O–H groups in total. The van der Waals surface area contributed by atoms with Gasteiger partial charge in [-0.1, -0.05) is 47.5 Å². The molecule has 0 aromatic heterocycles. The number of anilines is 1. The molecule has 0 aliphatic rings. The van der Waals surface area contributed by atoms with Crippen LogP contribution in [-0.4, -0.2) is 34.0 Å². The van der Waals surface area contributed by atoms with E-state index in [0.717, 1.165) is 21.2 Å². The minimum atomic E-state index is -3.98. The standard InChI is InChI=1S/C24H25ClN2O4S/c1-18-7-11-21(12-8-18)27(32(29,30)22-13-9-20(25)10-14-22)17-24(28)26-15-16-31-23-6-4-3-5-19(23)2/h3-14H,15-17H2,1-2H3,(H,26,28). The van der Waals surface area contributed by atoms with E-state index < -0.39 is 15.9 Å². The summed E-state index contributed by atoms with van der Waals surface area (Å²) in [6.07, 6.45) is 0. The zero-order valence-corrected chi connectivity index (χ0v) is 19.5. The second-order valence-electron chi connectivity index (χ2n) is 7.27. The highest BCUT2D eigenvalue weighted by Gasteiger charge is 2.27. The first-order valence-corrected chi connectivity index (χ1v) is 11.9. The summed E-state index contributed by atoms with van der Waals surface area (Å²) < 4.78 is 33.4. The minimum absolute atomic E-state index is 0.0539. The van der Waals surface area contributed by atoms with Gasteiger partial charge in [0, 0.05) is 5.02 Å². The van der Waals surface area contributed by atoms with Gasteiger partial charge in [-0.25, -0.2) is 8.42 Å². The molecular weight excluding hydrogens is 448 g/mol. The third-order valence-corrected chi connectivity index (χ3v) is 6.83. The van der Waals surface area contributed by atoms with Gasteiger partial charge in [0.15, 0.2) is 0 Å². The van der Waals surface area contributed by atoms with Gasteiger partial charge < -0.3 is 10.1 Å². The van der Waals surface area contributed by atoms with Crippen LogP contribution < -0.4 is 14.4 Å². The molecule has 0 heterocycles. The van der Waals surface area contributed by atoms with Crippen LogP contribution in [0.4, 0.5) is 5.69 Å². The number of nitrogens with zero attached hydrogens (tertiary/aromatic N) is 1. The summed E-state index contributed by atoms with van der Waals surface area (Å²) in [5.41, 5.74) is 2.38. The van der Waals surface area contributed by atoms with Gasteiger partial charge in [0.05, 0.1) is 17.1 Å². The normalized spacial score (nSPS) is 11.1. The Hall–Kier alpha value is -3.03. The number of rotatable bonds is 9. The molecule has 0 aliphatic carbocycles. The number of sulfonamides is 1. The Morgan fingerprint density at radius 1 is 0.969 bits per heavy atom. The number of ether oxygens (including phenoxy) is 1. The smallest absolute Gasteiger partial charge is 0.264 e. The first-order chi connectivity index (χ1) is 15.3. The molecule has 0 unspecified atom stereocenters. The number of para-hydroxylation sites is 1. The van der Waals surface area contributed by atoms with E-state index in [1.807, 2.05) is 38.1 Å². The zero-order valence-electron chi connectivity index (χ0n) is 17.9. The highest BCUT2D eigenvalue weighted by atomic mass is 35.5. The maximum Gasteiger partial charge on any atom is 0.264 e. The van der Waals surface area contributed by atoms with E-state index in [-0.39, 0.29) is 24.6 Å². The summed E-state index contributed by atoms with van der Waals surface area (Å²) in [6, 6.07) is 20.4. The van der Waals surface area contributed by atoms with Crippen molar-refractivity contribution in [3.63, 3.8) is 0 Å². The number of carbonyl (C=O) groups excluding carboxylic acids is 1. The molecule has 0 spiro atoms. The van der Waals surface area contributed by atoms with E-state index in [4.69, 9.17) is 16.3 Å². The maximum absolute atomic E-state index is 13.3. The number of nitrogens with one attached hydrogen (secondary N) is 1. The lowest BCUT2D eigenvalue weighted by atomic mass is 10.2. The number of hydrogen-bond donors (Lipinski definition) is 1. The van der Waals surface area contributed by atoms with Crippen LogP contribution >= 0.6 is 11.6 Å². The number of benzene rings is 3. The monoisotopic (exact) mass is 472 g/mol. The summed E-state index contributed by atoms with van der Waals surface area (Å²) in [5.74, 6) is 0.310. The van der Waals surface area contributed by atoms with E-state index in [1.165, 1.54) is 24.3 Å². The van der Waals surface area contributed by atoms with E-state index in [9.17, 15) is 13.2 Å². The summed E-state index contributed by atoms with van der Waals surface area (Å²) in [7, 11) is -3.98. The fourth-order valence-corrected chi connectivity index (χ4v) is 4.56. The molecule has 6 nitrogen and oxygen atoms in total. The van der Waals surface area contributed by atoms with Crippen molar-refractivity contribution in [3.05, 3.63) is 88.9 Å². The van der Waals surface area contributed by atoms with Gasteiger partial charge in [-0.2, -0.15) is 0 Å². The number of amides is 1. The molecule has 168 valence electrons. The Balaban J connectivity index is 1.71. The fraction of sp³-hybridized carbons (Fsp3) is 0.208.